The zero-order valence-corrected chi connectivity index (χ0v) is 39.3. The van der Waals surface area contributed by atoms with Crippen molar-refractivity contribution in [3.63, 3.8) is 0 Å². The minimum absolute atomic E-state index is 0.0781. The normalized spacial score (nSPS) is 12.3. The fraction of sp³-hybridized carbons (Fsp3) is 0.830. The van der Waals surface area contributed by atoms with Gasteiger partial charge in [0.2, 0.25) is 0 Å². The van der Waals surface area contributed by atoms with E-state index in [4.69, 9.17) is 14.2 Å². The topological polar surface area (TPSA) is 78.9 Å². The Labute approximate surface area is 365 Å². The lowest BCUT2D eigenvalue weighted by molar-refractivity contribution is -0.167. The maximum atomic E-state index is 12.8. The van der Waals surface area contributed by atoms with Crippen LogP contribution in [0.2, 0.25) is 0 Å². The van der Waals surface area contributed by atoms with Crippen molar-refractivity contribution in [1.29, 1.82) is 0 Å². The highest BCUT2D eigenvalue weighted by atomic mass is 16.6. The molecule has 0 aliphatic heterocycles. The van der Waals surface area contributed by atoms with Crippen LogP contribution in [0.3, 0.4) is 0 Å². The molecule has 0 spiro atoms. The molecule has 0 saturated carbocycles. The van der Waals surface area contributed by atoms with Crippen LogP contribution >= 0.6 is 0 Å². The van der Waals surface area contributed by atoms with Gasteiger partial charge in [0.25, 0.3) is 0 Å². The van der Waals surface area contributed by atoms with Gasteiger partial charge in [0.15, 0.2) is 6.10 Å². The molecule has 0 aromatic rings. The third-order valence-corrected chi connectivity index (χ3v) is 11.1. The van der Waals surface area contributed by atoms with Crippen molar-refractivity contribution in [1.82, 2.24) is 0 Å². The Hall–Kier alpha value is -2.37. The van der Waals surface area contributed by atoms with Gasteiger partial charge in [0.05, 0.1) is 0 Å². The number of hydrogen-bond acceptors (Lipinski definition) is 6. The third-order valence-electron chi connectivity index (χ3n) is 11.1. The molecule has 0 bridgehead atoms. The van der Waals surface area contributed by atoms with Crippen molar-refractivity contribution >= 4 is 17.9 Å². The number of carbonyl (C=O) groups excluding carboxylic acids is 3. The maximum Gasteiger partial charge on any atom is 0.306 e. The summed E-state index contributed by atoms with van der Waals surface area (Å²) in [5, 5.41) is 0. The molecule has 0 aliphatic rings. The monoisotopic (exact) mass is 829 g/mol. The molecule has 0 aliphatic carbocycles. The molecule has 6 nitrogen and oxygen atoms in total. The quantitative estimate of drug-likeness (QED) is 0.0263. The Balaban J connectivity index is 4.37. The standard InChI is InChI=1S/C53H96O6/c1-4-7-10-13-16-19-22-24-26-28-29-31-34-37-40-43-46-52(55)58-49-50(48-57-51(54)45-42-39-36-33-21-18-15-12-9-6-3)59-53(56)47-44-41-38-35-32-30-27-25-23-20-17-14-11-8-5-2/h17,20,25-28,50H,4-16,18-19,21-24,29-49H2,1-3H3/b20-17-,27-25-,28-26-. The van der Waals surface area contributed by atoms with E-state index in [1.54, 1.807) is 0 Å². The molecule has 59 heavy (non-hydrogen) atoms. The fourth-order valence-corrected chi connectivity index (χ4v) is 7.23. The maximum absolute atomic E-state index is 12.8. The van der Waals surface area contributed by atoms with Crippen molar-refractivity contribution in [2.45, 2.75) is 271 Å². The van der Waals surface area contributed by atoms with Crippen molar-refractivity contribution in [2.24, 2.45) is 0 Å². The van der Waals surface area contributed by atoms with Gasteiger partial charge in [-0.2, -0.15) is 0 Å². The van der Waals surface area contributed by atoms with Crippen LogP contribution in [0, 0.1) is 0 Å². The van der Waals surface area contributed by atoms with Crippen LogP contribution in [-0.4, -0.2) is 37.2 Å². The van der Waals surface area contributed by atoms with E-state index < -0.39 is 6.10 Å². The fourth-order valence-electron chi connectivity index (χ4n) is 7.23. The number of carbonyl (C=O) groups is 3. The van der Waals surface area contributed by atoms with Crippen LogP contribution in [-0.2, 0) is 28.6 Å². The molecule has 0 fully saturated rings. The van der Waals surface area contributed by atoms with Gasteiger partial charge in [-0.1, -0.05) is 205 Å². The third kappa shape index (κ3) is 46.5. The summed E-state index contributed by atoms with van der Waals surface area (Å²) < 4.78 is 16.8. The zero-order valence-electron chi connectivity index (χ0n) is 39.3. The molecule has 0 saturated heterocycles. The molecule has 0 aromatic heterocycles. The molecule has 0 radical (unpaired) electrons. The van der Waals surface area contributed by atoms with Gasteiger partial charge in [-0.15, -0.1) is 0 Å². The second-order valence-electron chi connectivity index (χ2n) is 17.1. The number of unbranched alkanes of at least 4 members (excludes halogenated alkanes) is 29. The van der Waals surface area contributed by atoms with E-state index in [1.165, 1.54) is 135 Å². The number of hydrogen-bond donors (Lipinski definition) is 0. The molecule has 0 heterocycles. The summed E-state index contributed by atoms with van der Waals surface area (Å²) in [5.41, 5.74) is 0. The van der Waals surface area contributed by atoms with Crippen LogP contribution < -0.4 is 0 Å². The highest BCUT2D eigenvalue weighted by molar-refractivity contribution is 5.71. The smallest absolute Gasteiger partial charge is 0.306 e. The summed E-state index contributed by atoms with van der Waals surface area (Å²) in [5.74, 6) is -0.894. The van der Waals surface area contributed by atoms with Gasteiger partial charge >= 0.3 is 17.9 Å². The Morgan fingerprint density at radius 2 is 0.610 bits per heavy atom. The molecule has 1 unspecified atom stereocenters. The lowest BCUT2D eigenvalue weighted by atomic mass is 10.1. The summed E-state index contributed by atoms with van der Waals surface area (Å²) in [6.07, 6.45) is 55.5. The van der Waals surface area contributed by atoms with Crippen LogP contribution in [0.5, 0.6) is 0 Å². The summed E-state index contributed by atoms with van der Waals surface area (Å²) in [7, 11) is 0. The van der Waals surface area contributed by atoms with Crippen molar-refractivity contribution in [3.05, 3.63) is 36.5 Å². The van der Waals surface area contributed by atoms with Gasteiger partial charge in [-0.3, -0.25) is 14.4 Å². The van der Waals surface area contributed by atoms with E-state index in [0.29, 0.717) is 19.3 Å². The van der Waals surface area contributed by atoms with Gasteiger partial charge in [-0.05, 0) is 77.0 Å². The lowest BCUT2D eigenvalue weighted by Gasteiger charge is -2.18. The minimum Gasteiger partial charge on any atom is -0.462 e. The zero-order chi connectivity index (χ0) is 43.0. The molecule has 0 aromatic carbocycles. The molecule has 344 valence electrons. The van der Waals surface area contributed by atoms with E-state index in [2.05, 4.69) is 57.2 Å². The van der Waals surface area contributed by atoms with Gasteiger partial charge in [0, 0.05) is 19.3 Å². The second kappa shape index (κ2) is 48.3. The first-order valence-electron chi connectivity index (χ1n) is 25.5. The molecule has 0 amide bonds. The Bertz CT molecular complexity index is 1000. The van der Waals surface area contributed by atoms with Crippen LogP contribution in [0.25, 0.3) is 0 Å². The van der Waals surface area contributed by atoms with E-state index in [1.807, 2.05) is 0 Å². The number of esters is 3. The second-order valence-corrected chi connectivity index (χ2v) is 17.1. The van der Waals surface area contributed by atoms with E-state index in [9.17, 15) is 14.4 Å². The molecule has 1 atom stereocenters. The van der Waals surface area contributed by atoms with Crippen molar-refractivity contribution in [2.75, 3.05) is 13.2 Å². The average molecular weight is 829 g/mol. The Morgan fingerprint density at radius 1 is 0.339 bits per heavy atom. The highest BCUT2D eigenvalue weighted by Gasteiger charge is 2.19. The summed E-state index contributed by atoms with van der Waals surface area (Å²) in [6.45, 7) is 6.59. The number of ether oxygens (including phenoxy) is 3. The predicted molar refractivity (Wildman–Crippen MR) is 252 cm³/mol. The number of rotatable bonds is 46. The van der Waals surface area contributed by atoms with Gasteiger partial charge in [-0.25, -0.2) is 0 Å². The minimum atomic E-state index is -0.778. The summed E-state index contributed by atoms with van der Waals surface area (Å²) >= 11 is 0. The molecular weight excluding hydrogens is 733 g/mol. The predicted octanol–water partition coefficient (Wildman–Crippen LogP) is 16.5. The summed E-state index contributed by atoms with van der Waals surface area (Å²) in [6, 6.07) is 0. The first-order valence-corrected chi connectivity index (χ1v) is 25.5. The average Bonchev–Trinajstić information content (AvgIpc) is 3.23. The molecule has 0 rings (SSSR count). The first-order chi connectivity index (χ1) is 29.0. The molecule has 0 N–H and O–H groups in total. The van der Waals surface area contributed by atoms with E-state index >= 15 is 0 Å². The van der Waals surface area contributed by atoms with Crippen molar-refractivity contribution < 1.29 is 28.6 Å². The summed E-state index contributed by atoms with van der Waals surface area (Å²) in [4.78, 5) is 37.9. The van der Waals surface area contributed by atoms with E-state index in [-0.39, 0.29) is 31.1 Å². The highest BCUT2D eigenvalue weighted by Crippen LogP contribution is 2.14. The SMILES string of the molecule is CCCCC/C=C\C/C=C\CCCCCCCC(=O)OC(COC(=O)CCCCCCC/C=C\CCCCCCCCC)COC(=O)CCCCCCCCCCCC. The van der Waals surface area contributed by atoms with Crippen LogP contribution in [0.4, 0.5) is 0 Å². The molecular formula is C53H96O6. The number of allylic oxidation sites excluding steroid dienone is 6. The van der Waals surface area contributed by atoms with E-state index in [0.717, 1.165) is 89.9 Å². The molecule has 6 heteroatoms. The largest absolute Gasteiger partial charge is 0.462 e. The first kappa shape index (κ1) is 56.6. The Kier molecular flexibility index (Phi) is 46.4. The lowest BCUT2D eigenvalue weighted by Crippen LogP contribution is -2.30. The van der Waals surface area contributed by atoms with Gasteiger partial charge < -0.3 is 14.2 Å². The Morgan fingerprint density at radius 3 is 0.983 bits per heavy atom. The van der Waals surface area contributed by atoms with Crippen molar-refractivity contribution in [3.8, 4) is 0 Å². The van der Waals surface area contributed by atoms with Crippen LogP contribution in [0.15, 0.2) is 36.5 Å². The van der Waals surface area contributed by atoms with Gasteiger partial charge in [0.1, 0.15) is 13.2 Å². The van der Waals surface area contributed by atoms with Crippen LogP contribution in [0.1, 0.15) is 265 Å².